The Morgan fingerprint density at radius 3 is 2.75 bits per heavy atom. The van der Waals surface area contributed by atoms with Gasteiger partial charge < -0.3 is 10.0 Å². The summed E-state index contributed by atoms with van der Waals surface area (Å²) in [6, 6.07) is 6.50. The number of rotatable bonds is 2. The third-order valence-electron chi connectivity index (χ3n) is 3.47. The van der Waals surface area contributed by atoms with Gasteiger partial charge >= 0.3 is 5.97 Å². The lowest BCUT2D eigenvalue weighted by atomic mass is 10.2. The summed E-state index contributed by atoms with van der Waals surface area (Å²) in [6.45, 7) is 0.449. The summed E-state index contributed by atoms with van der Waals surface area (Å²) in [6.07, 6.45) is 2.59. The van der Waals surface area contributed by atoms with Crippen LogP contribution in [0.3, 0.4) is 0 Å². The molecule has 2 aromatic rings. The van der Waals surface area contributed by atoms with Crippen molar-refractivity contribution >= 4 is 22.9 Å². The van der Waals surface area contributed by atoms with Gasteiger partial charge in [-0.3, -0.25) is 9.78 Å². The predicted molar refractivity (Wildman–Crippen MR) is 71.2 cm³/mol. The van der Waals surface area contributed by atoms with Gasteiger partial charge in [0.15, 0.2) is 0 Å². The van der Waals surface area contributed by atoms with Crippen molar-refractivity contribution in [1.82, 2.24) is 14.9 Å². The Hall–Kier alpha value is -2.50. The predicted octanol–water partition coefficient (Wildman–Crippen LogP) is 1.32. The normalized spacial score (nSPS) is 18.4. The first-order valence-electron chi connectivity index (χ1n) is 6.42. The molecule has 1 aliphatic heterocycles. The fourth-order valence-electron chi connectivity index (χ4n) is 2.47. The van der Waals surface area contributed by atoms with Crippen LogP contribution in [-0.4, -0.2) is 44.4 Å². The van der Waals surface area contributed by atoms with Gasteiger partial charge in [0.05, 0.1) is 17.2 Å². The van der Waals surface area contributed by atoms with Crippen molar-refractivity contribution in [3.8, 4) is 0 Å². The zero-order chi connectivity index (χ0) is 14.1. The van der Waals surface area contributed by atoms with Gasteiger partial charge in [-0.15, -0.1) is 0 Å². The molecule has 0 unspecified atom stereocenters. The molecule has 1 aliphatic rings. The summed E-state index contributed by atoms with van der Waals surface area (Å²) in [4.78, 5) is 33.3. The maximum absolute atomic E-state index is 12.4. The molecule has 2 heterocycles. The van der Waals surface area contributed by atoms with Crippen molar-refractivity contribution < 1.29 is 14.7 Å². The standard InChI is InChI=1S/C14H13N3O3/c18-13(17-7-3-6-12(17)14(19)20)11-8-15-9-4-1-2-5-10(9)16-11/h1-2,4-5,8,12H,3,6-7H2,(H,19,20)/t12-/m1/s1. The van der Waals surface area contributed by atoms with Crippen LogP contribution in [0.15, 0.2) is 30.5 Å². The highest BCUT2D eigenvalue weighted by atomic mass is 16.4. The molecule has 1 saturated heterocycles. The number of hydrogen-bond donors (Lipinski definition) is 1. The summed E-state index contributed by atoms with van der Waals surface area (Å²) in [7, 11) is 0. The first-order valence-corrected chi connectivity index (χ1v) is 6.42. The number of fused-ring (bicyclic) bond motifs is 1. The van der Waals surface area contributed by atoms with E-state index in [0.717, 1.165) is 0 Å². The highest BCUT2D eigenvalue weighted by molar-refractivity contribution is 5.96. The molecule has 1 N–H and O–H groups in total. The van der Waals surface area contributed by atoms with E-state index in [1.807, 2.05) is 18.2 Å². The smallest absolute Gasteiger partial charge is 0.326 e. The maximum atomic E-state index is 12.4. The van der Waals surface area contributed by atoms with Crippen molar-refractivity contribution in [2.24, 2.45) is 0 Å². The molecular weight excluding hydrogens is 258 g/mol. The van der Waals surface area contributed by atoms with Crippen LogP contribution < -0.4 is 0 Å². The Kier molecular flexibility index (Phi) is 3.06. The third kappa shape index (κ3) is 2.09. The lowest BCUT2D eigenvalue weighted by Crippen LogP contribution is -2.40. The summed E-state index contributed by atoms with van der Waals surface area (Å²) >= 11 is 0. The average Bonchev–Trinajstić information content (AvgIpc) is 2.95. The van der Waals surface area contributed by atoms with E-state index < -0.39 is 12.0 Å². The van der Waals surface area contributed by atoms with E-state index in [9.17, 15) is 9.59 Å². The number of aromatic nitrogens is 2. The number of amides is 1. The molecule has 0 aliphatic carbocycles. The van der Waals surface area contributed by atoms with Crippen molar-refractivity contribution in [2.75, 3.05) is 6.54 Å². The van der Waals surface area contributed by atoms with Crippen LogP contribution in [-0.2, 0) is 4.79 Å². The SMILES string of the molecule is O=C(O)[C@H]1CCCN1C(=O)c1cnc2ccccc2n1. The Labute approximate surface area is 115 Å². The highest BCUT2D eigenvalue weighted by Crippen LogP contribution is 2.20. The molecule has 6 nitrogen and oxygen atoms in total. The highest BCUT2D eigenvalue weighted by Gasteiger charge is 2.35. The van der Waals surface area contributed by atoms with E-state index in [2.05, 4.69) is 9.97 Å². The second kappa shape index (κ2) is 4.88. The van der Waals surface area contributed by atoms with Crippen LogP contribution >= 0.6 is 0 Å². The van der Waals surface area contributed by atoms with Crippen LogP contribution in [0.1, 0.15) is 23.3 Å². The number of carboxylic acids is 1. The van der Waals surface area contributed by atoms with Gasteiger partial charge in [0, 0.05) is 6.54 Å². The van der Waals surface area contributed by atoms with E-state index in [4.69, 9.17) is 5.11 Å². The van der Waals surface area contributed by atoms with Crippen LogP contribution in [0.2, 0.25) is 0 Å². The number of hydrogen-bond acceptors (Lipinski definition) is 4. The van der Waals surface area contributed by atoms with Crippen molar-refractivity contribution in [3.63, 3.8) is 0 Å². The summed E-state index contributed by atoms with van der Waals surface area (Å²) in [5, 5.41) is 9.12. The van der Waals surface area contributed by atoms with Gasteiger partial charge in [0.2, 0.25) is 0 Å². The largest absolute Gasteiger partial charge is 0.480 e. The molecule has 1 amide bonds. The van der Waals surface area contributed by atoms with Crippen molar-refractivity contribution in [1.29, 1.82) is 0 Å². The van der Waals surface area contributed by atoms with E-state index in [1.165, 1.54) is 11.1 Å². The molecule has 1 aromatic heterocycles. The Morgan fingerprint density at radius 1 is 1.25 bits per heavy atom. The van der Waals surface area contributed by atoms with Gasteiger partial charge in [-0.1, -0.05) is 12.1 Å². The number of carboxylic acid groups (broad SMARTS) is 1. The van der Waals surface area contributed by atoms with Gasteiger partial charge in [0.25, 0.3) is 5.91 Å². The van der Waals surface area contributed by atoms with Gasteiger partial charge in [-0.05, 0) is 25.0 Å². The molecule has 102 valence electrons. The molecule has 1 fully saturated rings. The molecule has 1 aromatic carbocycles. The van der Waals surface area contributed by atoms with Crippen LogP contribution in [0, 0.1) is 0 Å². The van der Waals surface area contributed by atoms with E-state index in [1.54, 1.807) is 6.07 Å². The molecule has 1 atom stereocenters. The summed E-state index contributed by atoms with van der Waals surface area (Å²) in [5.74, 6) is -1.34. The number of likely N-dealkylation sites (tertiary alicyclic amines) is 1. The van der Waals surface area contributed by atoms with Crippen LogP contribution in [0.4, 0.5) is 0 Å². The molecule has 0 radical (unpaired) electrons. The minimum atomic E-state index is -0.968. The lowest BCUT2D eigenvalue weighted by Gasteiger charge is -2.20. The number of aliphatic carboxylic acids is 1. The number of para-hydroxylation sites is 2. The van der Waals surface area contributed by atoms with Crippen LogP contribution in [0.5, 0.6) is 0 Å². The van der Waals surface area contributed by atoms with Gasteiger partial charge in [-0.2, -0.15) is 0 Å². The van der Waals surface area contributed by atoms with E-state index in [0.29, 0.717) is 30.4 Å². The van der Waals surface area contributed by atoms with Gasteiger partial charge in [0.1, 0.15) is 11.7 Å². The second-order valence-electron chi connectivity index (χ2n) is 4.74. The van der Waals surface area contributed by atoms with Crippen molar-refractivity contribution in [2.45, 2.75) is 18.9 Å². The molecule has 6 heteroatoms. The first kappa shape index (κ1) is 12.5. The lowest BCUT2D eigenvalue weighted by molar-refractivity contribution is -0.141. The summed E-state index contributed by atoms with van der Waals surface area (Å²) < 4.78 is 0. The fraction of sp³-hybridized carbons (Fsp3) is 0.286. The van der Waals surface area contributed by atoms with Gasteiger partial charge in [-0.25, -0.2) is 9.78 Å². The monoisotopic (exact) mass is 271 g/mol. The Morgan fingerprint density at radius 2 is 2.00 bits per heavy atom. The first-order chi connectivity index (χ1) is 9.66. The summed E-state index contributed by atoms with van der Waals surface area (Å²) in [5.41, 5.74) is 1.53. The minimum absolute atomic E-state index is 0.192. The zero-order valence-corrected chi connectivity index (χ0v) is 10.7. The Balaban J connectivity index is 1.94. The average molecular weight is 271 g/mol. The second-order valence-corrected chi connectivity index (χ2v) is 4.74. The van der Waals surface area contributed by atoms with Crippen LogP contribution in [0.25, 0.3) is 11.0 Å². The molecular formula is C14H13N3O3. The number of carbonyl (C=O) groups is 2. The number of nitrogens with zero attached hydrogens (tertiary/aromatic N) is 3. The zero-order valence-electron chi connectivity index (χ0n) is 10.7. The van der Waals surface area contributed by atoms with Crippen molar-refractivity contribution in [3.05, 3.63) is 36.2 Å². The molecule has 0 spiro atoms. The molecule has 0 bridgehead atoms. The molecule has 20 heavy (non-hydrogen) atoms. The Bertz CT molecular complexity index is 686. The topological polar surface area (TPSA) is 83.4 Å². The molecule has 3 rings (SSSR count). The third-order valence-corrected chi connectivity index (χ3v) is 3.47. The number of carbonyl (C=O) groups excluding carboxylic acids is 1. The molecule has 0 saturated carbocycles. The van der Waals surface area contributed by atoms with E-state index >= 15 is 0 Å². The maximum Gasteiger partial charge on any atom is 0.326 e. The quantitative estimate of drug-likeness (QED) is 0.890. The minimum Gasteiger partial charge on any atom is -0.480 e. The number of benzene rings is 1. The fourth-order valence-corrected chi connectivity index (χ4v) is 2.47. The van der Waals surface area contributed by atoms with E-state index in [-0.39, 0.29) is 11.6 Å².